The van der Waals surface area contributed by atoms with E-state index in [0.717, 1.165) is 25.7 Å². The van der Waals surface area contributed by atoms with Gasteiger partial charge in [-0.25, -0.2) is 4.79 Å². The normalized spacial score (nSPS) is 23.8. The Morgan fingerprint density at radius 1 is 1.50 bits per heavy atom. The van der Waals surface area contributed by atoms with Crippen LogP contribution in [-0.4, -0.2) is 28.9 Å². The molecule has 1 aliphatic rings. The molecule has 2 rings (SSSR count). The molecular formula is C13H17NO4. The zero-order valence-corrected chi connectivity index (χ0v) is 10.3. The van der Waals surface area contributed by atoms with E-state index in [4.69, 9.17) is 9.84 Å². The van der Waals surface area contributed by atoms with E-state index in [1.54, 1.807) is 19.4 Å². The van der Waals surface area contributed by atoms with Gasteiger partial charge < -0.3 is 14.4 Å². The van der Waals surface area contributed by atoms with E-state index in [2.05, 4.69) is 0 Å². The van der Waals surface area contributed by atoms with Gasteiger partial charge in [0.15, 0.2) is 0 Å². The Morgan fingerprint density at radius 3 is 2.94 bits per heavy atom. The molecule has 0 aliphatic heterocycles. The van der Waals surface area contributed by atoms with Crippen LogP contribution in [0.2, 0.25) is 0 Å². The van der Waals surface area contributed by atoms with E-state index in [1.807, 2.05) is 0 Å². The summed E-state index contributed by atoms with van der Waals surface area (Å²) in [5.74, 6) is -1.17. The second kappa shape index (κ2) is 5.35. The Balaban J connectivity index is 2.31. The summed E-state index contributed by atoms with van der Waals surface area (Å²) in [6.45, 7) is 0. The van der Waals surface area contributed by atoms with Gasteiger partial charge in [0.05, 0.1) is 6.10 Å². The van der Waals surface area contributed by atoms with Gasteiger partial charge >= 0.3 is 5.97 Å². The average Bonchev–Trinajstić information content (AvgIpc) is 2.38. The van der Waals surface area contributed by atoms with Gasteiger partial charge in [0.1, 0.15) is 5.56 Å². The first kappa shape index (κ1) is 12.8. The van der Waals surface area contributed by atoms with Gasteiger partial charge in [-0.15, -0.1) is 0 Å². The van der Waals surface area contributed by atoms with E-state index in [-0.39, 0.29) is 17.7 Å². The van der Waals surface area contributed by atoms with Gasteiger partial charge in [0.25, 0.3) is 5.56 Å². The van der Waals surface area contributed by atoms with E-state index >= 15 is 0 Å². The fraction of sp³-hybridized carbons (Fsp3) is 0.538. The van der Waals surface area contributed by atoms with Crippen LogP contribution in [-0.2, 0) is 4.74 Å². The molecule has 1 N–H and O–H groups in total. The van der Waals surface area contributed by atoms with Crippen LogP contribution in [0.5, 0.6) is 0 Å². The van der Waals surface area contributed by atoms with Crippen molar-refractivity contribution >= 4 is 5.97 Å². The van der Waals surface area contributed by atoms with Gasteiger partial charge in [0, 0.05) is 19.3 Å². The number of aromatic carboxylic acids is 1. The molecule has 1 saturated carbocycles. The third-order valence-electron chi connectivity index (χ3n) is 3.53. The summed E-state index contributed by atoms with van der Waals surface area (Å²) in [5.41, 5.74) is -0.594. The molecule has 2 atom stereocenters. The van der Waals surface area contributed by atoms with Crippen LogP contribution < -0.4 is 5.56 Å². The lowest BCUT2D eigenvalue weighted by atomic mass is 9.92. The van der Waals surface area contributed by atoms with Crippen molar-refractivity contribution in [1.82, 2.24) is 4.57 Å². The number of carboxylic acid groups (broad SMARTS) is 1. The Morgan fingerprint density at radius 2 is 2.28 bits per heavy atom. The summed E-state index contributed by atoms with van der Waals surface area (Å²) < 4.78 is 6.87. The quantitative estimate of drug-likeness (QED) is 0.887. The van der Waals surface area contributed by atoms with Crippen molar-refractivity contribution in [1.29, 1.82) is 0 Å². The maximum atomic E-state index is 12.0. The molecule has 98 valence electrons. The SMILES string of the molecule is CO[C@H]1CCCC(n2cccc(C(=O)O)c2=O)C1. The Hall–Kier alpha value is -1.62. The molecule has 1 heterocycles. The molecule has 0 saturated heterocycles. The predicted molar refractivity (Wildman–Crippen MR) is 66.0 cm³/mol. The summed E-state index contributed by atoms with van der Waals surface area (Å²) in [4.78, 5) is 23.0. The predicted octanol–water partition coefficient (Wildman–Crippen LogP) is 1.68. The zero-order chi connectivity index (χ0) is 13.1. The molecule has 18 heavy (non-hydrogen) atoms. The van der Waals surface area contributed by atoms with Gasteiger partial charge in [-0.3, -0.25) is 4.79 Å². The van der Waals surface area contributed by atoms with Crippen LogP contribution in [0.4, 0.5) is 0 Å². The Labute approximate surface area is 105 Å². The first-order valence-electron chi connectivity index (χ1n) is 6.10. The number of carbonyl (C=O) groups is 1. The molecule has 5 heteroatoms. The minimum Gasteiger partial charge on any atom is -0.477 e. The fourth-order valence-corrected chi connectivity index (χ4v) is 2.55. The lowest BCUT2D eigenvalue weighted by Gasteiger charge is -2.29. The first-order valence-corrected chi connectivity index (χ1v) is 6.10. The highest BCUT2D eigenvalue weighted by atomic mass is 16.5. The maximum absolute atomic E-state index is 12.0. The minimum atomic E-state index is -1.17. The topological polar surface area (TPSA) is 68.5 Å². The second-order valence-electron chi connectivity index (χ2n) is 4.62. The van der Waals surface area contributed by atoms with E-state index in [9.17, 15) is 9.59 Å². The molecule has 0 bridgehead atoms. The number of pyridine rings is 1. The Bertz CT molecular complexity index is 494. The average molecular weight is 251 g/mol. The molecule has 0 aromatic carbocycles. The van der Waals surface area contributed by atoms with Crippen molar-refractivity contribution < 1.29 is 14.6 Å². The molecule has 0 amide bonds. The number of methoxy groups -OCH3 is 1. The van der Waals surface area contributed by atoms with Crippen molar-refractivity contribution in [3.05, 3.63) is 34.2 Å². The van der Waals surface area contributed by atoms with Crippen LogP contribution in [0.3, 0.4) is 0 Å². The van der Waals surface area contributed by atoms with Gasteiger partial charge in [0.2, 0.25) is 0 Å². The molecule has 0 radical (unpaired) electrons. The van der Waals surface area contributed by atoms with E-state index in [0.29, 0.717) is 0 Å². The number of aromatic nitrogens is 1. The first-order chi connectivity index (χ1) is 8.63. The van der Waals surface area contributed by atoms with Gasteiger partial charge in [-0.05, 0) is 37.8 Å². The third-order valence-corrected chi connectivity index (χ3v) is 3.53. The highest BCUT2D eigenvalue weighted by molar-refractivity contribution is 5.86. The lowest BCUT2D eigenvalue weighted by molar-refractivity contribution is 0.0522. The Kier molecular flexibility index (Phi) is 3.81. The van der Waals surface area contributed by atoms with Gasteiger partial charge in [-0.1, -0.05) is 0 Å². The maximum Gasteiger partial charge on any atom is 0.341 e. The molecule has 1 unspecified atom stereocenters. The smallest absolute Gasteiger partial charge is 0.341 e. The van der Waals surface area contributed by atoms with Crippen LogP contribution in [0.25, 0.3) is 0 Å². The summed E-state index contributed by atoms with van der Waals surface area (Å²) in [7, 11) is 1.67. The highest BCUT2D eigenvalue weighted by Crippen LogP contribution is 2.28. The standard InChI is InChI=1S/C13H17NO4/c1-18-10-5-2-4-9(8-10)14-7-3-6-11(12(14)15)13(16)17/h3,6-7,9-10H,2,4-5,8H2,1H3,(H,16,17)/t9?,10-/m0/s1. The molecule has 1 aliphatic carbocycles. The number of carboxylic acids is 1. The highest BCUT2D eigenvalue weighted by Gasteiger charge is 2.24. The summed E-state index contributed by atoms with van der Waals surface area (Å²) >= 11 is 0. The minimum absolute atomic E-state index is 0.0375. The summed E-state index contributed by atoms with van der Waals surface area (Å²) in [6.07, 6.45) is 5.47. The van der Waals surface area contributed by atoms with Crippen molar-refractivity contribution in [2.24, 2.45) is 0 Å². The van der Waals surface area contributed by atoms with Crippen molar-refractivity contribution in [3.8, 4) is 0 Å². The number of nitrogens with zero attached hydrogens (tertiary/aromatic N) is 1. The van der Waals surface area contributed by atoms with Crippen LogP contribution >= 0.6 is 0 Å². The number of ether oxygens (including phenoxy) is 1. The third kappa shape index (κ3) is 2.46. The fourth-order valence-electron chi connectivity index (χ4n) is 2.55. The van der Waals surface area contributed by atoms with Crippen LogP contribution in [0, 0.1) is 0 Å². The molecule has 1 aromatic rings. The van der Waals surface area contributed by atoms with Gasteiger partial charge in [-0.2, -0.15) is 0 Å². The van der Waals surface area contributed by atoms with Crippen molar-refractivity contribution in [2.75, 3.05) is 7.11 Å². The molecule has 1 fully saturated rings. The lowest BCUT2D eigenvalue weighted by Crippen LogP contribution is -2.33. The molecule has 0 spiro atoms. The van der Waals surface area contributed by atoms with Crippen LogP contribution in [0.15, 0.2) is 23.1 Å². The number of hydrogen-bond acceptors (Lipinski definition) is 3. The molecule has 1 aromatic heterocycles. The van der Waals surface area contributed by atoms with E-state index < -0.39 is 11.5 Å². The van der Waals surface area contributed by atoms with Crippen molar-refractivity contribution in [3.63, 3.8) is 0 Å². The summed E-state index contributed by atoms with van der Waals surface area (Å²) in [6, 6.07) is 2.99. The van der Waals surface area contributed by atoms with Crippen molar-refractivity contribution in [2.45, 2.75) is 37.8 Å². The number of rotatable bonds is 3. The molecular weight excluding hydrogens is 234 g/mol. The number of hydrogen-bond donors (Lipinski definition) is 1. The van der Waals surface area contributed by atoms with E-state index in [1.165, 1.54) is 10.6 Å². The summed E-state index contributed by atoms with van der Waals surface area (Å²) in [5, 5.41) is 8.95. The second-order valence-corrected chi connectivity index (χ2v) is 4.62. The molecule has 5 nitrogen and oxygen atoms in total. The monoisotopic (exact) mass is 251 g/mol. The zero-order valence-electron chi connectivity index (χ0n) is 10.3. The largest absolute Gasteiger partial charge is 0.477 e. The van der Waals surface area contributed by atoms with Crippen LogP contribution in [0.1, 0.15) is 42.1 Å².